The number of unbranched alkanes of at least 4 members (excludes halogenated alkanes) is 1. The van der Waals surface area contributed by atoms with Crippen LogP contribution in [0.5, 0.6) is 5.75 Å². The lowest BCUT2D eigenvalue weighted by molar-refractivity contribution is 0.254. The Kier molecular flexibility index (Phi) is 3.48. The van der Waals surface area contributed by atoms with Crippen molar-refractivity contribution in [2.45, 2.75) is 32.3 Å². The molecule has 1 aromatic carbocycles. The molecule has 1 heterocycles. The van der Waals surface area contributed by atoms with Gasteiger partial charge in [-0.25, -0.2) is 0 Å². The number of aliphatic hydroxyl groups is 1. The SMILES string of the molecule is CC1Cc2cc(C#CCCCO)ccc2O1. The van der Waals surface area contributed by atoms with Crippen LogP contribution in [-0.4, -0.2) is 17.8 Å². The quantitative estimate of drug-likeness (QED) is 0.606. The van der Waals surface area contributed by atoms with Crippen molar-refractivity contribution >= 4 is 0 Å². The monoisotopic (exact) mass is 216 g/mol. The van der Waals surface area contributed by atoms with Crippen molar-refractivity contribution in [1.82, 2.24) is 0 Å². The van der Waals surface area contributed by atoms with Gasteiger partial charge in [0.25, 0.3) is 0 Å². The molecule has 2 rings (SSSR count). The fraction of sp³-hybridized carbons (Fsp3) is 0.429. The Hall–Kier alpha value is -1.46. The summed E-state index contributed by atoms with van der Waals surface area (Å²) < 4.78 is 5.62. The van der Waals surface area contributed by atoms with Crippen molar-refractivity contribution in [1.29, 1.82) is 0 Å². The predicted molar refractivity (Wildman–Crippen MR) is 63.4 cm³/mol. The smallest absolute Gasteiger partial charge is 0.123 e. The van der Waals surface area contributed by atoms with Crippen LogP contribution in [0.1, 0.15) is 30.9 Å². The van der Waals surface area contributed by atoms with Gasteiger partial charge in [-0.3, -0.25) is 0 Å². The average Bonchev–Trinajstić information content (AvgIpc) is 2.64. The highest BCUT2D eigenvalue weighted by molar-refractivity contribution is 5.46. The van der Waals surface area contributed by atoms with Gasteiger partial charge in [0.1, 0.15) is 11.9 Å². The van der Waals surface area contributed by atoms with Crippen molar-refractivity contribution in [3.8, 4) is 17.6 Å². The van der Waals surface area contributed by atoms with Crippen molar-refractivity contribution < 1.29 is 9.84 Å². The molecule has 1 aromatic rings. The lowest BCUT2D eigenvalue weighted by Gasteiger charge is -2.01. The predicted octanol–water partition coefficient (Wildman–Crippen LogP) is 2.13. The summed E-state index contributed by atoms with van der Waals surface area (Å²) in [5.74, 6) is 7.16. The zero-order chi connectivity index (χ0) is 11.4. The summed E-state index contributed by atoms with van der Waals surface area (Å²) in [4.78, 5) is 0. The molecular formula is C14H16O2. The zero-order valence-corrected chi connectivity index (χ0v) is 9.49. The van der Waals surface area contributed by atoms with Crippen molar-refractivity contribution in [2.75, 3.05) is 6.61 Å². The Morgan fingerprint density at radius 1 is 1.50 bits per heavy atom. The summed E-state index contributed by atoms with van der Waals surface area (Å²) >= 11 is 0. The molecule has 0 spiro atoms. The molecule has 0 saturated heterocycles. The second kappa shape index (κ2) is 5.05. The molecule has 0 saturated carbocycles. The summed E-state index contributed by atoms with van der Waals surface area (Å²) in [5, 5.41) is 8.64. The summed E-state index contributed by atoms with van der Waals surface area (Å²) in [6.07, 6.45) is 2.76. The highest BCUT2D eigenvalue weighted by Crippen LogP contribution is 2.28. The molecule has 16 heavy (non-hydrogen) atoms. The number of aliphatic hydroxyl groups excluding tert-OH is 1. The topological polar surface area (TPSA) is 29.5 Å². The van der Waals surface area contributed by atoms with Crippen molar-refractivity contribution in [3.05, 3.63) is 29.3 Å². The maximum Gasteiger partial charge on any atom is 0.123 e. The van der Waals surface area contributed by atoms with Crippen molar-refractivity contribution in [3.63, 3.8) is 0 Å². The van der Waals surface area contributed by atoms with E-state index >= 15 is 0 Å². The number of hydrogen-bond donors (Lipinski definition) is 1. The maximum absolute atomic E-state index is 8.64. The maximum atomic E-state index is 8.64. The van der Waals surface area contributed by atoms with Crippen LogP contribution in [-0.2, 0) is 6.42 Å². The molecule has 0 amide bonds. The fourth-order valence-electron chi connectivity index (χ4n) is 1.83. The number of fused-ring (bicyclic) bond motifs is 1. The Bertz CT molecular complexity index is 426. The Morgan fingerprint density at radius 3 is 3.19 bits per heavy atom. The first kappa shape index (κ1) is 11.0. The third kappa shape index (κ3) is 2.56. The van der Waals surface area contributed by atoms with E-state index < -0.39 is 0 Å². The van der Waals surface area contributed by atoms with E-state index in [1.54, 1.807) is 0 Å². The van der Waals surface area contributed by atoms with Crippen LogP contribution in [0.15, 0.2) is 18.2 Å². The van der Waals surface area contributed by atoms with Gasteiger partial charge in [-0.2, -0.15) is 0 Å². The van der Waals surface area contributed by atoms with Crippen LogP contribution in [0.2, 0.25) is 0 Å². The van der Waals surface area contributed by atoms with Gasteiger partial charge in [0.15, 0.2) is 0 Å². The first-order valence-corrected chi connectivity index (χ1v) is 5.69. The van der Waals surface area contributed by atoms with E-state index in [1.807, 2.05) is 12.1 Å². The molecule has 1 atom stereocenters. The van der Waals surface area contributed by atoms with Gasteiger partial charge in [0, 0.05) is 25.0 Å². The van der Waals surface area contributed by atoms with Gasteiger partial charge < -0.3 is 9.84 Å². The first-order valence-electron chi connectivity index (χ1n) is 5.69. The number of ether oxygens (including phenoxy) is 1. The number of benzene rings is 1. The minimum Gasteiger partial charge on any atom is -0.490 e. The third-order valence-corrected chi connectivity index (χ3v) is 2.59. The second-order valence-corrected chi connectivity index (χ2v) is 4.08. The Balaban J connectivity index is 2.07. The van der Waals surface area contributed by atoms with E-state index in [4.69, 9.17) is 9.84 Å². The number of hydrogen-bond acceptors (Lipinski definition) is 2. The molecular weight excluding hydrogens is 200 g/mol. The molecule has 1 N–H and O–H groups in total. The molecule has 0 radical (unpaired) electrons. The van der Waals surface area contributed by atoms with E-state index in [9.17, 15) is 0 Å². The van der Waals surface area contributed by atoms with Crippen molar-refractivity contribution in [2.24, 2.45) is 0 Å². The minimum absolute atomic E-state index is 0.213. The molecule has 84 valence electrons. The van der Waals surface area contributed by atoms with E-state index in [0.717, 1.165) is 30.6 Å². The second-order valence-electron chi connectivity index (χ2n) is 4.08. The van der Waals surface area contributed by atoms with Gasteiger partial charge in [0.2, 0.25) is 0 Å². The average molecular weight is 216 g/mol. The first-order chi connectivity index (χ1) is 7.79. The summed E-state index contributed by atoms with van der Waals surface area (Å²) in [6, 6.07) is 6.09. The summed E-state index contributed by atoms with van der Waals surface area (Å²) in [5.41, 5.74) is 2.29. The van der Waals surface area contributed by atoms with Crippen LogP contribution in [0.25, 0.3) is 0 Å². The summed E-state index contributed by atoms with van der Waals surface area (Å²) in [6.45, 7) is 2.29. The molecule has 0 bridgehead atoms. The molecule has 1 aliphatic rings. The van der Waals surface area contributed by atoms with Crippen LogP contribution >= 0.6 is 0 Å². The number of rotatable bonds is 2. The molecule has 2 nitrogen and oxygen atoms in total. The van der Waals surface area contributed by atoms with Crippen LogP contribution < -0.4 is 4.74 Å². The summed E-state index contributed by atoms with van der Waals surface area (Å²) in [7, 11) is 0. The van der Waals surface area contributed by atoms with Gasteiger partial charge in [0.05, 0.1) is 0 Å². The third-order valence-electron chi connectivity index (χ3n) is 2.59. The highest BCUT2D eigenvalue weighted by atomic mass is 16.5. The van der Waals surface area contributed by atoms with Crippen LogP contribution in [0.4, 0.5) is 0 Å². The van der Waals surface area contributed by atoms with Crippen LogP contribution in [0, 0.1) is 11.8 Å². The Labute approximate surface area is 96.3 Å². The largest absolute Gasteiger partial charge is 0.490 e. The van der Waals surface area contributed by atoms with E-state index in [-0.39, 0.29) is 12.7 Å². The zero-order valence-electron chi connectivity index (χ0n) is 9.49. The molecule has 0 aliphatic carbocycles. The molecule has 1 aliphatic heterocycles. The van der Waals surface area contributed by atoms with Gasteiger partial charge >= 0.3 is 0 Å². The molecule has 1 unspecified atom stereocenters. The fourth-order valence-corrected chi connectivity index (χ4v) is 1.83. The molecule has 2 heteroatoms. The van der Waals surface area contributed by atoms with E-state index in [0.29, 0.717) is 0 Å². The lowest BCUT2D eigenvalue weighted by atomic mass is 10.1. The van der Waals surface area contributed by atoms with E-state index in [2.05, 4.69) is 24.8 Å². The molecule has 0 fully saturated rings. The van der Waals surface area contributed by atoms with Gasteiger partial charge in [-0.05, 0) is 37.1 Å². The minimum atomic E-state index is 0.213. The van der Waals surface area contributed by atoms with Gasteiger partial charge in [-0.15, -0.1) is 0 Å². The van der Waals surface area contributed by atoms with Crippen LogP contribution in [0.3, 0.4) is 0 Å². The molecule has 0 aromatic heterocycles. The Morgan fingerprint density at radius 2 is 2.38 bits per heavy atom. The normalized spacial score (nSPS) is 17.2. The highest BCUT2D eigenvalue weighted by Gasteiger charge is 2.18. The van der Waals surface area contributed by atoms with Gasteiger partial charge in [-0.1, -0.05) is 11.8 Å². The standard InChI is InChI=1S/C14H16O2/c1-11-9-13-10-12(5-3-2-4-8-15)6-7-14(13)16-11/h6-7,10-11,15H,2,4,8-9H2,1H3. The lowest BCUT2D eigenvalue weighted by Crippen LogP contribution is -2.05. The van der Waals surface area contributed by atoms with E-state index in [1.165, 1.54) is 5.56 Å².